The van der Waals surface area contributed by atoms with E-state index in [0.717, 1.165) is 30.5 Å². The van der Waals surface area contributed by atoms with Crippen LogP contribution in [0.15, 0.2) is 59.1 Å². The third kappa shape index (κ3) is 2.63. The van der Waals surface area contributed by atoms with Crippen LogP contribution in [-0.4, -0.2) is 21.6 Å². The zero-order valence-corrected chi connectivity index (χ0v) is 13.1. The van der Waals surface area contributed by atoms with Gasteiger partial charge in [0.25, 0.3) is 5.89 Å². The second kappa shape index (κ2) is 6.17. The number of nitrogens with zero attached hydrogens (tertiary/aromatic N) is 4. The minimum Gasteiger partial charge on any atom is -0.334 e. The molecule has 0 N–H and O–H groups in total. The summed E-state index contributed by atoms with van der Waals surface area (Å²) in [4.78, 5) is 6.21. The molecule has 1 atom stereocenters. The Morgan fingerprint density at radius 2 is 1.71 bits per heavy atom. The number of hydrogen-bond acceptors (Lipinski definition) is 5. The Morgan fingerprint density at radius 1 is 1.00 bits per heavy atom. The number of hydrogen-bond donors (Lipinski definition) is 0. The van der Waals surface area contributed by atoms with Crippen LogP contribution in [0.25, 0.3) is 22.6 Å². The van der Waals surface area contributed by atoms with E-state index in [1.807, 2.05) is 42.5 Å². The van der Waals surface area contributed by atoms with Crippen LogP contribution >= 0.6 is 0 Å². The highest BCUT2D eigenvalue weighted by molar-refractivity contribution is 5.67. The highest BCUT2D eigenvalue weighted by Crippen LogP contribution is 2.31. The summed E-state index contributed by atoms with van der Waals surface area (Å²) < 4.78 is 5.40. The van der Waals surface area contributed by atoms with E-state index < -0.39 is 0 Å². The van der Waals surface area contributed by atoms with Crippen molar-refractivity contribution in [3.05, 3.63) is 60.4 Å². The summed E-state index contributed by atoms with van der Waals surface area (Å²) in [6.45, 7) is 0.761. The van der Waals surface area contributed by atoms with Crippen molar-refractivity contribution in [3.8, 4) is 28.8 Å². The average molecular weight is 316 g/mol. The topological polar surface area (TPSA) is 66.0 Å². The highest BCUT2D eigenvalue weighted by atomic mass is 16.5. The second-order valence-corrected chi connectivity index (χ2v) is 5.85. The van der Waals surface area contributed by atoms with Crippen LogP contribution < -0.4 is 0 Å². The van der Waals surface area contributed by atoms with E-state index in [0.29, 0.717) is 11.7 Å². The Morgan fingerprint density at radius 3 is 2.46 bits per heavy atom. The standard InChI is InChI=1S/C19H16N4O/c20-13-23-12-4-7-17(23)18-21-19(24-22-18)16-10-8-15(9-11-16)14-5-2-1-3-6-14/h1-3,5-6,8-11,17H,4,7,12H2. The van der Waals surface area contributed by atoms with Crippen molar-refractivity contribution >= 4 is 0 Å². The first kappa shape index (κ1) is 14.5. The molecule has 0 bridgehead atoms. The molecule has 1 aromatic heterocycles. The second-order valence-electron chi connectivity index (χ2n) is 5.85. The summed E-state index contributed by atoms with van der Waals surface area (Å²) in [7, 11) is 0. The first-order chi connectivity index (χ1) is 11.8. The van der Waals surface area contributed by atoms with Crippen molar-refractivity contribution < 1.29 is 4.52 Å². The van der Waals surface area contributed by atoms with E-state index in [9.17, 15) is 0 Å². The number of nitriles is 1. The van der Waals surface area contributed by atoms with Crippen LogP contribution in [-0.2, 0) is 0 Å². The van der Waals surface area contributed by atoms with Gasteiger partial charge in [-0.05, 0) is 36.1 Å². The van der Waals surface area contributed by atoms with Crippen LogP contribution in [0.3, 0.4) is 0 Å². The van der Waals surface area contributed by atoms with Gasteiger partial charge in [0.05, 0.1) is 0 Å². The molecule has 0 radical (unpaired) electrons. The van der Waals surface area contributed by atoms with Gasteiger partial charge in [0.2, 0.25) is 0 Å². The monoisotopic (exact) mass is 316 g/mol. The lowest BCUT2D eigenvalue weighted by atomic mass is 10.0. The number of likely N-dealkylation sites (tertiary alicyclic amines) is 1. The van der Waals surface area contributed by atoms with Gasteiger partial charge in [0.15, 0.2) is 12.0 Å². The van der Waals surface area contributed by atoms with Crippen molar-refractivity contribution in [2.75, 3.05) is 6.54 Å². The third-order valence-corrected chi connectivity index (χ3v) is 4.36. The van der Waals surface area contributed by atoms with E-state index in [-0.39, 0.29) is 6.04 Å². The van der Waals surface area contributed by atoms with Gasteiger partial charge in [-0.1, -0.05) is 47.6 Å². The van der Waals surface area contributed by atoms with Crippen molar-refractivity contribution in [3.63, 3.8) is 0 Å². The smallest absolute Gasteiger partial charge is 0.257 e. The predicted octanol–water partition coefficient (Wildman–Crippen LogP) is 4.02. The lowest BCUT2D eigenvalue weighted by Gasteiger charge is -2.13. The summed E-state index contributed by atoms with van der Waals surface area (Å²) in [5, 5.41) is 13.2. The Bertz CT molecular complexity index is 864. The highest BCUT2D eigenvalue weighted by Gasteiger charge is 2.29. The Kier molecular flexibility index (Phi) is 3.72. The summed E-state index contributed by atoms with van der Waals surface area (Å²) in [5.74, 6) is 1.09. The summed E-state index contributed by atoms with van der Waals surface area (Å²) in [5.41, 5.74) is 3.20. The molecule has 2 aromatic carbocycles. The lowest BCUT2D eigenvalue weighted by molar-refractivity contribution is 0.339. The zero-order chi connectivity index (χ0) is 16.4. The molecule has 1 unspecified atom stereocenters. The van der Waals surface area contributed by atoms with Gasteiger partial charge in [0, 0.05) is 12.1 Å². The number of benzene rings is 2. The van der Waals surface area contributed by atoms with Crippen molar-refractivity contribution in [1.29, 1.82) is 5.26 Å². The summed E-state index contributed by atoms with van der Waals surface area (Å²) in [6, 6.07) is 18.2. The first-order valence-electron chi connectivity index (χ1n) is 8.01. The minimum absolute atomic E-state index is 0.0592. The molecule has 0 saturated carbocycles. The van der Waals surface area contributed by atoms with Gasteiger partial charge >= 0.3 is 0 Å². The van der Waals surface area contributed by atoms with Crippen LogP contribution in [0.5, 0.6) is 0 Å². The fourth-order valence-corrected chi connectivity index (χ4v) is 3.08. The molecule has 118 valence electrons. The summed E-state index contributed by atoms with van der Waals surface area (Å²) in [6.07, 6.45) is 4.07. The van der Waals surface area contributed by atoms with Gasteiger partial charge < -0.3 is 4.52 Å². The van der Waals surface area contributed by atoms with Crippen LogP contribution in [0, 0.1) is 11.5 Å². The molecular weight excluding hydrogens is 300 g/mol. The quantitative estimate of drug-likeness (QED) is 0.683. The van der Waals surface area contributed by atoms with E-state index in [2.05, 4.69) is 28.5 Å². The minimum atomic E-state index is -0.0592. The molecule has 3 aromatic rings. The maximum absolute atomic E-state index is 9.15. The molecule has 0 spiro atoms. The van der Waals surface area contributed by atoms with Crippen molar-refractivity contribution in [2.45, 2.75) is 18.9 Å². The Labute approximate surface area is 140 Å². The number of rotatable bonds is 3. The molecule has 4 rings (SSSR count). The van der Waals surface area contributed by atoms with Gasteiger partial charge in [0.1, 0.15) is 6.04 Å². The van der Waals surface area contributed by atoms with E-state index >= 15 is 0 Å². The van der Waals surface area contributed by atoms with Gasteiger partial charge in [-0.25, -0.2) is 0 Å². The fraction of sp³-hybridized carbons (Fsp3) is 0.211. The molecule has 5 nitrogen and oxygen atoms in total. The molecular formula is C19H16N4O. The maximum atomic E-state index is 9.15. The molecule has 1 saturated heterocycles. The maximum Gasteiger partial charge on any atom is 0.257 e. The largest absolute Gasteiger partial charge is 0.334 e. The van der Waals surface area contributed by atoms with E-state index in [4.69, 9.17) is 9.78 Å². The Hall–Kier alpha value is -3.13. The van der Waals surface area contributed by atoms with Crippen LogP contribution in [0.1, 0.15) is 24.7 Å². The molecule has 2 heterocycles. The van der Waals surface area contributed by atoms with Crippen LogP contribution in [0.4, 0.5) is 0 Å². The Balaban J connectivity index is 1.58. The molecule has 0 amide bonds. The first-order valence-corrected chi connectivity index (χ1v) is 8.01. The normalized spacial score (nSPS) is 17.0. The summed E-state index contributed by atoms with van der Waals surface area (Å²) >= 11 is 0. The molecule has 5 heteroatoms. The predicted molar refractivity (Wildman–Crippen MR) is 89.5 cm³/mol. The third-order valence-electron chi connectivity index (χ3n) is 4.36. The lowest BCUT2D eigenvalue weighted by Crippen LogP contribution is -2.17. The van der Waals surface area contributed by atoms with Gasteiger partial charge in [-0.3, -0.25) is 4.90 Å². The van der Waals surface area contributed by atoms with Crippen LogP contribution in [0.2, 0.25) is 0 Å². The molecule has 24 heavy (non-hydrogen) atoms. The molecule has 1 aliphatic rings. The van der Waals surface area contributed by atoms with Gasteiger partial charge in [-0.15, -0.1) is 0 Å². The van der Waals surface area contributed by atoms with E-state index in [1.54, 1.807) is 4.90 Å². The average Bonchev–Trinajstić information content (AvgIpc) is 3.31. The molecule has 1 aliphatic heterocycles. The molecule has 1 fully saturated rings. The zero-order valence-electron chi connectivity index (χ0n) is 13.1. The van der Waals surface area contributed by atoms with E-state index in [1.165, 1.54) is 5.56 Å². The fourth-order valence-electron chi connectivity index (χ4n) is 3.08. The van der Waals surface area contributed by atoms with Crippen molar-refractivity contribution in [2.24, 2.45) is 0 Å². The molecule has 0 aliphatic carbocycles. The number of aromatic nitrogens is 2. The van der Waals surface area contributed by atoms with Crippen molar-refractivity contribution in [1.82, 2.24) is 15.0 Å². The van der Waals surface area contributed by atoms with Gasteiger partial charge in [-0.2, -0.15) is 10.2 Å². The SMILES string of the molecule is N#CN1CCCC1c1noc(-c2ccc(-c3ccccc3)cc2)n1.